The van der Waals surface area contributed by atoms with E-state index >= 15 is 0 Å². The van der Waals surface area contributed by atoms with Gasteiger partial charge in [-0.15, -0.1) is 0 Å². The van der Waals surface area contributed by atoms with Crippen molar-refractivity contribution < 1.29 is 9.53 Å². The Kier molecular flexibility index (Phi) is 5.60. The average Bonchev–Trinajstić information content (AvgIpc) is 2.78. The van der Waals surface area contributed by atoms with E-state index in [0.29, 0.717) is 55.3 Å². The molecule has 1 aliphatic rings. The Bertz CT molecular complexity index is 1120. The summed E-state index contributed by atoms with van der Waals surface area (Å²) in [5.41, 5.74) is 0.545. The van der Waals surface area contributed by atoms with Crippen molar-refractivity contribution >= 4 is 22.6 Å². The molecule has 0 N–H and O–H groups in total. The van der Waals surface area contributed by atoms with Gasteiger partial charge in [0, 0.05) is 45.2 Å². The zero-order chi connectivity index (χ0) is 21.1. The van der Waals surface area contributed by atoms with Crippen molar-refractivity contribution in [2.24, 2.45) is 0 Å². The Morgan fingerprint density at radius 3 is 2.67 bits per heavy atom. The molecule has 0 spiro atoms. The van der Waals surface area contributed by atoms with Gasteiger partial charge in [0.05, 0.1) is 24.3 Å². The van der Waals surface area contributed by atoms with Crippen LogP contribution in [0, 0.1) is 6.92 Å². The number of nitrogens with zero attached hydrogens (tertiary/aromatic N) is 6. The number of aryl methyl sites for hydroxylation is 2. The quantitative estimate of drug-likeness (QED) is 0.627. The number of piperazine rings is 1. The Morgan fingerprint density at radius 2 is 1.90 bits per heavy atom. The lowest BCUT2D eigenvalue weighted by Crippen LogP contribution is -2.49. The smallest absolute Gasteiger partial charge is 0.261 e. The van der Waals surface area contributed by atoms with Crippen molar-refractivity contribution in [3.8, 4) is 5.88 Å². The van der Waals surface area contributed by atoms with Crippen molar-refractivity contribution in [1.82, 2.24) is 24.4 Å². The third-order valence-electron chi connectivity index (χ3n) is 5.26. The van der Waals surface area contributed by atoms with Crippen LogP contribution in [0.3, 0.4) is 0 Å². The summed E-state index contributed by atoms with van der Waals surface area (Å²) in [7, 11) is 1.58. The summed E-state index contributed by atoms with van der Waals surface area (Å²) in [6.45, 7) is 4.73. The van der Waals surface area contributed by atoms with E-state index in [1.807, 2.05) is 30.0 Å². The van der Waals surface area contributed by atoms with Gasteiger partial charge in [0.25, 0.3) is 5.56 Å². The molecule has 1 fully saturated rings. The van der Waals surface area contributed by atoms with E-state index in [4.69, 9.17) is 4.74 Å². The first-order valence-electron chi connectivity index (χ1n) is 9.92. The summed E-state index contributed by atoms with van der Waals surface area (Å²) in [4.78, 5) is 42.2. The molecule has 0 radical (unpaired) electrons. The zero-order valence-corrected chi connectivity index (χ0v) is 17.1. The predicted octanol–water partition coefficient (Wildman–Crippen LogP) is 1.24. The lowest BCUT2D eigenvalue weighted by Gasteiger charge is -2.35. The van der Waals surface area contributed by atoms with E-state index in [2.05, 4.69) is 19.9 Å². The number of aromatic nitrogens is 4. The molecule has 1 aromatic carbocycles. The molecule has 3 heterocycles. The Hall–Kier alpha value is -3.49. The monoisotopic (exact) mass is 408 g/mol. The summed E-state index contributed by atoms with van der Waals surface area (Å²) < 4.78 is 6.73. The summed E-state index contributed by atoms with van der Waals surface area (Å²) >= 11 is 0. The Balaban J connectivity index is 1.35. The Morgan fingerprint density at radius 1 is 1.13 bits per heavy atom. The number of amides is 1. The van der Waals surface area contributed by atoms with Crippen LogP contribution in [0.2, 0.25) is 0 Å². The number of benzene rings is 1. The van der Waals surface area contributed by atoms with Gasteiger partial charge in [0.1, 0.15) is 11.6 Å². The molecule has 1 amide bonds. The largest absolute Gasteiger partial charge is 0.481 e. The highest BCUT2D eigenvalue weighted by Crippen LogP contribution is 2.19. The van der Waals surface area contributed by atoms with Gasteiger partial charge in [0.15, 0.2) is 0 Å². The predicted molar refractivity (Wildman–Crippen MR) is 113 cm³/mol. The number of carbonyl (C=O) groups excluding carboxylic acids is 1. The second kappa shape index (κ2) is 8.48. The molecule has 0 unspecified atom stereocenters. The molecule has 4 rings (SSSR count). The summed E-state index contributed by atoms with van der Waals surface area (Å²) in [6, 6.07) is 9.03. The van der Waals surface area contributed by atoms with Crippen LogP contribution in [-0.4, -0.2) is 63.6 Å². The van der Waals surface area contributed by atoms with Gasteiger partial charge in [-0.05, 0) is 19.1 Å². The number of hydrogen-bond donors (Lipinski definition) is 0. The van der Waals surface area contributed by atoms with Gasteiger partial charge in [-0.25, -0.2) is 9.97 Å². The molecule has 9 heteroatoms. The molecule has 0 atom stereocenters. The molecule has 1 aliphatic heterocycles. The van der Waals surface area contributed by atoms with Gasteiger partial charge in [-0.2, -0.15) is 4.98 Å². The third-order valence-corrected chi connectivity index (χ3v) is 5.26. The van der Waals surface area contributed by atoms with Crippen LogP contribution in [0.4, 0.5) is 5.82 Å². The van der Waals surface area contributed by atoms with Gasteiger partial charge in [-0.1, -0.05) is 12.1 Å². The van der Waals surface area contributed by atoms with E-state index in [1.54, 1.807) is 19.2 Å². The van der Waals surface area contributed by atoms with Gasteiger partial charge in [-0.3, -0.25) is 14.2 Å². The van der Waals surface area contributed by atoms with Crippen molar-refractivity contribution in [2.45, 2.75) is 19.9 Å². The second-order valence-electron chi connectivity index (χ2n) is 7.19. The number of fused-ring (bicyclic) bond motifs is 1. The zero-order valence-electron chi connectivity index (χ0n) is 17.1. The maximum Gasteiger partial charge on any atom is 0.261 e. The molecule has 0 bridgehead atoms. The molecule has 0 aliphatic carbocycles. The highest BCUT2D eigenvalue weighted by molar-refractivity contribution is 5.77. The molecule has 30 heavy (non-hydrogen) atoms. The number of carbonyl (C=O) groups is 1. The topological polar surface area (TPSA) is 93.5 Å². The van der Waals surface area contributed by atoms with E-state index in [-0.39, 0.29) is 17.9 Å². The molecule has 156 valence electrons. The molecule has 1 saturated heterocycles. The molecule has 9 nitrogen and oxygen atoms in total. The fourth-order valence-electron chi connectivity index (χ4n) is 3.62. The molecule has 0 saturated carbocycles. The Labute approximate surface area is 173 Å². The maximum atomic E-state index is 12.7. The molecule has 3 aromatic rings. The van der Waals surface area contributed by atoms with Crippen LogP contribution in [0.5, 0.6) is 5.88 Å². The standard InChI is InChI=1S/C21H24N6O3/c1-15-23-18(13-19(24-15)30-2)25-9-11-26(12-10-25)20(28)7-8-27-14-22-17-6-4-3-5-16(17)21(27)29/h3-6,13-14H,7-12H2,1-2H3. The highest BCUT2D eigenvalue weighted by atomic mass is 16.5. The second-order valence-corrected chi connectivity index (χ2v) is 7.19. The van der Waals surface area contributed by atoms with Crippen LogP contribution in [0.1, 0.15) is 12.2 Å². The molecule has 2 aromatic heterocycles. The average molecular weight is 408 g/mol. The van der Waals surface area contributed by atoms with Crippen LogP contribution in [-0.2, 0) is 11.3 Å². The number of hydrogen-bond acceptors (Lipinski definition) is 7. The normalized spacial score (nSPS) is 14.2. The first-order valence-corrected chi connectivity index (χ1v) is 9.92. The van der Waals surface area contributed by atoms with Crippen molar-refractivity contribution in [3.63, 3.8) is 0 Å². The van der Waals surface area contributed by atoms with Crippen LogP contribution < -0.4 is 15.2 Å². The van der Waals surface area contributed by atoms with Gasteiger partial charge >= 0.3 is 0 Å². The van der Waals surface area contributed by atoms with E-state index < -0.39 is 0 Å². The van der Waals surface area contributed by atoms with Crippen LogP contribution in [0.25, 0.3) is 10.9 Å². The number of para-hydroxylation sites is 1. The van der Waals surface area contributed by atoms with E-state index in [9.17, 15) is 9.59 Å². The lowest BCUT2D eigenvalue weighted by molar-refractivity contribution is -0.131. The van der Waals surface area contributed by atoms with Crippen molar-refractivity contribution in [3.05, 3.63) is 52.8 Å². The SMILES string of the molecule is COc1cc(N2CCN(C(=O)CCn3cnc4ccccc4c3=O)CC2)nc(C)n1. The number of anilines is 1. The number of ether oxygens (including phenoxy) is 1. The number of rotatable bonds is 5. The third kappa shape index (κ3) is 4.10. The van der Waals surface area contributed by atoms with Crippen molar-refractivity contribution in [1.29, 1.82) is 0 Å². The fourth-order valence-corrected chi connectivity index (χ4v) is 3.62. The van der Waals surface area contributed by atoms with E-state index in [1.165, 1.54) is 10.9 Å². The molecular formula is C21H24N6O3. The van der Waals surface area contributed by atoms with Crippen LogP contribution in [0.15, 0.2) is 41.5 Å². The minimum atomic E-state index is -0.119. The van der Waals surface area contributed by atoms with E-state index in [0.717, 1.165) is 5.82 Å². The van der Waals surface area contributed by atoms with Crippen molar-refractivity contribution in [2.75, 3.05) is 38.2 Å². The fraction of sp³-hybridized carbons (Fsp3) is 0.381. The van der Waals surface area contributed by atoms with Crippen LogP contribution >= 0.6 is 0 Å². The minimum absolute atomic E-state index is 0.0335. The van der Waals surface area contributed by atoms with Gasteiger partial charge < -0.3 is 14.5 Å². The first kappa shape index (κ1) is 19.8. The minimum Gasteiger partial charge on any atom is -0.481 e. The number of methoxy groups -OCH3 is 1. The summed E-state index contributed by atoms with van der Waals surface area (Å²) in [5.74, 6) is 2.02. The lowest BCUT2D eigenvalue weighted by atomic mass is 10.2. The first-order chi connectivity index (χ1) is 14.5. The summed E-state index contributed by atoms with van der Waals surface area (Å²) in [5, 5.41) is 0.566. The summed E-state index contributed by atoms with van der Waals surface area (Å²) in [6.07, 6.45) is 1.78. The maximum absolute atomic E-state index is 12.7. The molecular weight excluding hydrogens is 384 g/mol. The van der Waals surface area contributed by atoms with Gasteiger partial charge in [0.2, 0.25) is 11.8 Å². The highest BCUT2D eigenvalue weighted by Gasteiger charge is 2.22.